The lowest BCUT2D eigenvalue weighted by molar-refractivity contribution is -0.130. The Morgan fingerprint density at radius 1 is 0.632 bits per heavy atom. The molecule has 8 rings (SSSR count). The van der Waals surface area contributed by atoms with Crippen LogP contribution in [0.4, 0.5) is 0 Å². The fourth-order valence-electron chi connectivity index (χ4n) is 6.29. The number of ether oxygens (including phenoxy) is 3. The maximum absolute atomic E-state index is 12.6. The van der Waals surface area contributed by atoms with E-state index in [9.17, 15) is 9.90 Å². The van der Waals surface area contributed by atoms with Crippen LogP contribution in [0.15, 0.2) is 164 Å². The van der Waals surface area contributed by atoms with Crippen LogP contribution in [0.5, 0.6) is 23.0 Å². The Hall–Kier alpha value is -6.38. The van der Waals surface area contributed by atoms with Gasteiger partial charge in [-0.15, -0.1) is 11.3 Å². The lowest BCUT2D eigenvalue weighted by Crippen LogP contribution is -2.01. The number of hydrogen-bond acceptors (Lipinski definition) is 6. The molecule has 0 amide bonds. The van der Waals surface area contributed by atoms with Crippen LogP contribution in [0.25, 0.3) is 44.0 Å². The average Bonchev–Trinajstić information content (AvgIpc) is 3.58. The predicted molar refractivity (Wildman–Crippen MR) is 231 cm³/mol. The van der Waals surface area contributed by atoms with E-state index in [1.807, 2.05) is 48.5 Å². The second kappa shape index (κ2) is 17.2. The number of fused-ring (bicyclic) bond motifs is 1. The molecule has 0 saturated carbocycles. The highest BCUT2D eigenvalue weighted by Crippen LogP contribution is 2.47. The minimum atomic E-state index is -1.09. The van der Waals surface area contributed by atoms with Gasteiger partial charge in [0, 0.05) is 34.6 Å². The van der Waals surface area contributed by atoms with E-state index in [0.29, 0.717) is 55.5 Å². The summed E-state index contributed by atoms with van der Waals surface area (Å²) in [5.41, 5.74) is 7.03. The second-order valence-corrected chi connectivity index (χ2v) is 15.0. The number of nitrogens with zero attached hydrogens (tertiary/aromatic N) is 1. The van der Waals surface area contributed by atoms with Gasteiger partial charge in [-0.1, -0.05) is 132 Å². The van der Waals surface area contributed by atoms with Crippen molar-refractivity contribution in [3.63, 3.8) is 0 Å². The van der Waals surface area contributed by atoms with Crippen LogP contribution in [0, 0.1) is 0 Å². The van der Waals surface area contributed by atoms with E-state index < -0.39 is 5.97 Å². The summed E-state index contributed by atoms with van der Waals surface area (Å²) in [5.74, 6) is 0.793. The van der Waals surface area contributed by atoms with Gasteiger partial charge in [-0.05, 0) is 75.4 Å². The Balaban J connectivity index is 1.18. The number of thiophene rings is 1. The molecule has 2 aromatic heterocycles. The fourth-order valence-corrected chi connectivity index (χ4v) is 7.66. The summed E-state index contributed by atoms with van der Waals surface area (Å²) >= 11 is 14.0. The number of carboxylic acid groups (broad SMARTS) is 1. The van der Waals surface area contributed by atoms with Crippen molar-refractivity contribution in [3.8, 4) is 45.3 Å². The molecule has 0 saturated heterocycles. The van der Waals surface area contributed by atoms with Crippen LogP contribution >= 0.6 is 34.5 Å². The Labute approximate surface area is 343 Å². The van der Waals surface area contributed by atoms with E-state index in [1.165, 1.54) is 11.3 Å². The largest absolute Gasteiger partial charge is 0.485 e. The summed E-state index contributed by atoms with van der Waals surface area (Å²) < 4.78 is 20.4. The molecule has 0 aliphatic heterocycles. The highest BCUT2D eigenvalue weighted by molar-refractivity contribution is 7.20. The summed E-state index contributed by atoms with van der Waals surface area (Å²) in [5, 5.41) is 11.7. The molecule has 0 fully saturated rings. The van der Waals surface area contributed by atoms with Crippen molar-refractivity contribution in [2.24, 2.45) is 0 Å². The minimum absolute atomic E-state index is 0.0776. The zero-order valence-corrected chi connectivity index (χ0v) is 32.6. The SMILES string of the molecule is O=C(O)C(=Cc1sc2cc(OCc3ccc(-c4ccccc4)cc3)c(OCc3ccc(-c4ccccc4)cc3)cc2c1Oc1ccc(Cl)c(Cl)c1)c1ccncc1. The van der Waals surface area contributed by atoms with Crippen molar-refractivity contribution in [3.05, 3.63) is 196 Å². The van der Waals surface area contributed by atoms with Gasteiger partial charge in [-0.2, -0.15) is 0 Å². The summed E-state index contributed by atoms with van der Waals surface area (Å²) in [6.45, 7) is 0.562. The average molecular weight is 807 g/mol. The number of rotatable bonds is 13. The molecule has 9 heteroatoms. The van der Waals surface area contributed by atoms with Gasteiger partial charge in [0.2, 0.25) is 0 Å². The Kier molecular flexibility index (Phi) is 11.3. The lowest BCUT2D eigenvalue weighted by Gasteiger charge is -2.15. The van der Waals surface area contributed by atoms with Gasteiger partial charge in [0.1, 0.15) is 19.0 Å². The highest BCUT2D eigenvalue weighted by Gasteiger charge is 2.21. The van der Waals surface area contributed by atoms with Crippen molar-refractivity contribution >= 4 is 62.2 Å². The Morgan fingerprint density at radius 2 is 1.18 bits per heavy atom. The first-order valence-electron chi connectivity index (χ1n) is 18.0. The predicted octanol–water partition coefficient (Wildman–Crippen LogP) is 13.5. The van der Waals surface area contributed by atoms with Gasteiger partial charge in [-0.25, -0.2) is 4.79 Å². The van der Waals surface area contributed by atoms with E-state index in [-0.39, 0.29) is 12.2 Å². The number of benzene rings is 6. The third-order valence-corrected chi connectivity index (χ3v) is 11.1. The molecule has 2 heterocycles. The molecule has 0 unspecified atom stereocenters. The standard InChI is InChI=1S/C48H33Cl2NO5S/c49-41-20-19-38(25-42(41)50)56-47-40-26-43(54-29-31-11-15-35(16-12-31)33-7-3-1-4-8-33)44(55-30-32-13-17-36(18-14-32)34-9-5-2-6-10-34)28-45(40)57-46(47)27-39(48(52)53)37-21-23-51-24-22-37/h1-28H,29-30H2,(H,52,53). The molecule has 1 N–H and O–H groups in total. The molecular weight excluding hydrogens is 774 g/mol. The summed E-state index contributed by atoms with van der Waals surface area (Å²) in [6.07, 6.45) is 4.72. The molecule has 0 aliphatic carbocycles. The summed E-state index contributed by atoms with van der Waals surface area (Å²) in [6, 6.07) is 49.1. The van der Waals surface area contributed by atoms with Crippen molar-refractivity contribution in [2.75, 3.05) is 0 Å². The molecular formula is C48H33Cl2NO5S. The van der Waals surface area contributed by atoms with E-state index in [4.69, 9.17) is 37.4 Å². The number of pyridine rings is 1. The van der Waals surface area contributed by atoms with Crippen molar-refractivity contribution in [1.29, 1.82) is 0 Å². The van der Waals surface area contributed by atoms with E-state index in [1.54, 1.807) is 48.8 Å². The van der Waals surface area contributed by atoms with Gasteiger partial charge in [0.05, 0.1) is 20.5 Å². The van der Waals surface area contributed by atoms with E-state index in [0.717, 1.165) is 38.1 Å². The third kappa shape index (κ3) is 8.87. The number of halogens is 2. The van der Waals surface area contributed by atoms with Gasteiger partial charge < -0.3 is 19.3 Å². The number of carbonyl (C=O) groups is 1. The van der Waals surface area contributed by atoms with Crippen molar-refractivity contribution in [1.82, 2.24) is 4.98 Å². The quantitative estimate of drug-likeness (QED) is 0.117. The molecule has 57 heavy (non-hydrogen) atoms. The van der Waals surface area contributed by atoms with Gasteiger partial charge in [-0.3, -0.25) is 4.98 Å². The smallest absolute Gasteiger partial charge is 0.336 e. The number of carboxylic acids is 1. The van der Waals surface area contributed by atoms with Gasteiger partial charge in [0.25, 0.3) is 0 Å². The normalized spacial score (nSPS) is 11.4. The summed E-state index contributed by atoms with van der Waals surface area (Å²) in [7, 11) is 0. The molecule has 0 radical (unpaired) electrons. The minimum Gasteiger partial charge on any atom is -0.485 e. The molecule has 0 spiro atoms. The lowest BCUT2D eigenvalue weighted by atomic mass is 10.0. The van der Waals surface area contributed by atoms with Gasteiger partial charge >= 0.3 is 5.97 Å². The highest BCUT2D eigenvalue weighted by atomic mass is 35.5. The number of hydrogen-bond donors (Lipinski definition) is 1. The number of aliphatic carboxylic acids is 1. The monoisotopic (exact) mass is 805 g/mol. The molecule has 0 bridgehead atoms. The maximum Gasteiger partial charge on any atom is 0.336 e. The van der Waals surface area contributed by atoms with Crippen molar-refractivity contribution in [2.45, 2.75) is 13.2 Å². The fraction of sp³-hybridized carbons (Fsp3) is 0.0417. The molecule has 6 aromatic carbocycles. The molecule has 6 nitrogen and oxygen atoms in total. The molecule has 0 aliphatic rings. The topological polar surface area (TPSA) is 77.9 Å². The Morgan fingerprint density at radius 3 is 1.72 bits per heavy atom. The van der Waals surface area contributed by atoms with Gasteiger partial charge in [0.15, 0.2) is 17.2 Å². The third-order valence-electron chi connectivity index (χ3n) is 9.25. The first kappa shape index (κ1) is 37.5. The first-order chi connectivity index (χ1) is 27.9. The second-order valence-electron chi connectivity index (χ2n) is 13.1. The van der Waals surface area contributed by atoms with Crippen LogP contribution in [-0.4, -0.2) is 16.1 Å². The molecule has 0 atom stereocenters. The number of aromatic nitrogens is 1. The maximum atomic E-state index is 12.6. The van der Waals surface area contributed by atoms with Crippen LogP contribution in [0.3, 0.4) is 0 Å². The van der Waals surface area contributed by atoms with Crippen LogP contribution in [-0.2, 0) is 18.0 Å². The zero-order chi connectivity index (χ0) is 39.1. The first-order valence-corrected chi connectivity index (χ1v) is 19.6. The van der Waals surface area contributed by atoms with Crippen LogP contribution in [0.1, 0.15) is 21.6 Å². The van der Waals surface area contributed by atoms with Crippen molar-refractivity contribution < 1.29 is 24.1 Å². The van der Waals surface area contributed by atoms with Crippen LogP contribution in [0.2, 0.25) is 10.0 Å². The molecule has 8 aromatic rings. The van der Waals surface area contributed by atoms with E-state index >= 15 is 0 Å². The van der Waals surface area contributed by atoms with E-state index in [2.05, 4.69) is 77.8 Å². The van der Waals surface area contributed by atoms with Crippen LogP contribution < -0.4 is 14.2 Å². The summed E-state index contributed by atoms with van der Waals surface area (Å²) in [4.78, 5) is 17.3. The molecule has 280 valence electrons. The Bertz CT molecular complexity index is 2680. The zero-order valence-electron chi connectivity index (χ0n) is 30.3.